The SMILES string of the molecule is CC/C=C\C/C=C\C/C=C\C/C=C\C/C=C\CC(=O)OC(COC(=O)CCCCCCC/C=C\CCCCC)COC(=O)CCCCCCCCCCCCCCCCCCCCCCC. The molecule has 0 aromatic rings. The zero-order chi connectivity index (χ0) is 47.9. The lowest BCUT2D eigenvalue weighted by atomic mass is 10.0. The van der Waals surface area contributed by atoms with Crippen LogP contribution >= 0.6 is 0 Å². The minimum Gasteiger partial charge on any atom is -0.462 e. The Kier molecular flexibility index (Phi) is 51.9. The van der Waals surface area contributed by atoms with Crippen LogP contribution in [0, 0.1) is 0 Å². The molecule has 1 atom stereocenters. The summed E-state index contributed by atoms with van der Waals surface area (Å²) in [5.74, 6) is -1.05. The van der Waals surface area contributed by atoms with Crippen molar-refractivity contribution in [3.05, 3.63) is 72.9 Å². The number of unbranched alkanes of at least 4 members (excludes halogenated alkanes) is 28. The molecule has 0 aliphatic rings. The largest absolute Gasteiger partial charge is 0.462 e. The van der Waals surface area contributed by atoms with Crippen molar-refractivity contribution in [2.45, 2.75) is 277 Å². The topological polar surface area (TPSA) is 78.9 Å². The van der Waals surface area contributed by atoms with Crippen molar-refractivity contribution in [1.82, 2.24) is 0 Å². The summed E-state index contributed by atoms with van der Waals surface area (Å²) in [6.07, 6.45) is 69.3. The zero-order valence-electron chi connectivity index (χ0n) is 43.4. The molecular weight excluding hydrogens is 817 g/mol. The first-order valence-electron chi connectivity index (χ1n) is 27.9. The molecule has 0 rings (SSSR count). The van der Waals surface area contributed by atoms with Crippen molar-refractivity contribution >= 4 is 17.9 Å². The highest BCUT2D eigenvalue weighted by molar-refractivity contribution is 5.72. The van der Waals surface area contributed by atoms with E-state index in [1.54, 1.807) is 6.08 Å². The summed E-state index contributed by atoms with van der Waals surface area (Å²) in [5.41, 5.74) is 0. The van der Waals surface area contributed by atoms with Gasteiger partial charge in [-0.3, -0.25) is 14.4 Å². The molecule has 0 aromatic heterocycles. The standard InChI is InChI=1S/C60H104O6/c1-4-7-10-13-16-19-22-25-27-28-29-30-31-32-34-35-38-41-44-47-50-53-59(62)65-56-57(55-64-58(61)52-49-46-43-40-37-24-21-18-15-12-9-6-3)66-60(63)54-51-48-45-42-39-36-33-26-23-20-17-14-11-8-5-2/h8,11,17-18,20-21,26,33,39,42,48,51,57H,4-7,9-10,12-16,19,22-25,27-32,34-38,40-41,43-47,49-50,52-56H2,1-3H3/b11-8-,20-17-,21-18-,33-26-,42-39-,51-48-. The van der Waals surface area contributed by atoms with Crippen molar-refractivity contribution in [3.8, 4) is 0 Å². The van der Waals surface area contributed by atoms with Gasteiger partial charge in [0, 0.05) is 12.8 Å². The molecule has 0 saturated carbocycles. The molecule has 0 amide bonds. The van der Waals surface area contributed by atoms with Crippen LogP contribution in [0.3, 0.4) is 0 Å². The Bertz CT molecular complexity index is 1240. The van der Waals surface area contributed by atoms with Gasteiger partial charge in [-0.2, -0.15) is 0 Å². The van der Waals surface area contributed by atoms with Crippen LogP contribution in [0.25, 0.3) is 0 Å². The summed E-state index contributed by atoms with van der Waals surface area (Å²) in [7, 11) is 0. The molecule has 0 aliphatic carbocycles. The van der Waals surface area contributed by atoms with Gasteiger partial charge in [-0.1, -0.05) is 254 Å². The lowest BCUT2D eigenvalue weighted by molar-refractivity contribution is -0.166. The van der Waals surface area contributed by atoms with Crippen LogP contribution in [0.1, 0.15) is 271 Å². The number of allylic oxidation sites excluding steroid dienone is 11. The van der Waals surface area contributed by atoms with E-state index in [0.717, 1.165) is 83.5 Å². The summed E-state index contributed by atoms with van der Waals surface area (Å²) in [6, 6.07) is 0. The maximum Gasteiger partial charge on any atom is 0.310 e. The second-order valence-electron chi connectivity index (χ2n) is 18.5. The van der Waals surface area contributed by atoms with Gasteiger partial charge in [-0.25, -0.2) is 0 Å². The second-order valence-corrected chi connectivity index (χ2v) is 18.5. The predicted octanol–water partition coefficient (Wildman–Crippen LogP) is 18.6. The maximum atomic E-state index is 12.8. The quantitative estimate of drug-likeness (QED) is 0.0262. The molecule has 0 saturated heterocycles. The fourth-order valence-corrected chi connectivity index (χ4v) is 7.81. The van der Waals surface area contributed by atoms with Crippen LogP contribution in [-0.2, 0) is 28.6 Å². The number of hydrogen-bond acceptors (Lipinski definition) is 6. The van der Waals surface area contributed by atoms with Crippen LogP contribution in [0.2, 0.25) is 0 Å². The van der Waals surface area contributed by atoms with E-state index in [0.29, 0.717) is 12.8 Å². The van der Waals surface area contributed by atoms with Crippen LogP contribution < -0.4 is 0 Å². The van der Waals surface area contributed by atoms with Gasteiger partial charge in [-0.05, 0) is 70.6 Å². The van der Waals surface area contributed by atoms with Gasteiger partial charge >= 0.3 is 17.9 Å². The van der Waals surface area contributed by atoms with Gasteiger partial charge < -0.3 is 14.2 Å². The molecule has 0 heterocycles. The van der Waals surface area contributed by atoms with Crippen LogP contribution in [0.4, 0.5) is 0 Å². The maximum absolute atomic E-state index is 12.8. The van der Waals surface area contributed by atoms with E-state index in [1.165, 1.54) is 148 Å². The van der Waals surface area contributed by atoms with E-state index in [1.807, 2.05) is 6.08 Å². The Balaban J connectivity index is 4.39. The average Bonchev–Trinajstić information content (AvgIpc) is 3.31. The van der Waals surface area contributed by atoms with Crippen molar-refractivity contribution in [1.29, 1.82) is 0 Å². The Morgan fingerprint density at radius 3 is 1.02 bits per heavy atom. The monoisotopic (exact) mass is 921 g/mol. The summed E-state index contributed by atoms with van der Waals surface area (Å²) in [5, 5.41) is 0. The number of hydrogen-bond donors (Lipinski definition) is 0. The first-order chi connectivity index (χ1) is 32.5. The third-order valence-corrected chi connectivity index (χ3v) is 12.0. The minimum absolute atomic E-state index is 0.0972. The highest BCUT2D eigenvalue weighted by atomic mass is 16.6. The molecular formula is C60H104O6. The van der Waals surface area contributed by atoms with Crippen molar-refractivity contribution in [3.63, 3.8) is 0 Å². The van der Waals surface area contributed by atoms with Gasteiger partial charge in [-0.15, -0.1) is 0 Å². The molecule has 6 heteroatoms. The molecule has 66 heavy (non-hydrogen) atoms. The smallest absolute Gasteiger partial charge is 0.310 e. The molecule has 0 aromatic carbocycles. The van der Waals surface area contributed by atoms with Gasteiger partial charge in [0.05, 0.1) is 6.42 Å². The Morgan fingerprint density at radius 1 is 0.333 bits per heavy atom. The van der Waals surface area contributed by atoms with Crippen LogP contribution in [0.5, 0.6) is 0 Å². The molecule has 0 radical (unpaired) electrons. The number of esters is 3. The summed E-state index contributed by atoms with van der Waals surface area (Å²) in [6.45, 7) is 6.43. The highest BCUT2D eigenvalue weighted by Gasteiger charge is 2.19. The predicted molar refractivity (Wildman–Crippen MR) is 284 cm³/mol. The summed E-state index contributed by atoms with van der Waals surface area (Å²) >= 11 is 0. The highest BCUT2D eigenvalue weighted by Crippen LogP contribution is 2.16. The number of carbonyl (C=O) groups is 3. The minimum atomic E-state index is -0.831. The Labute approximate surface area is 408 Å². The van der Waals surface area contributed by atoms with Crippen molar-refractivity contribution in [2.24, 2.45) is 0 Å². The van der Waals surface area contributed by atoms with E-state index < -0.39 is 12.1 Å². The lowest BCUT2D eigenvalue weighted by Gasteiger charge is -2.18. The molecule has 0 fully saturated rings. The van der Waals surface area contributed by atoms with E-state index in [-0.39, 0.29) is 31.6 Å². The fraction of sp³-hybridized carbons (Fsp3) is 0.750. The Morgan fingerprint density at radius 2 is 0.636 bits per heavy atom. The van der Waals surface area contributed by atoms with Crippen molar-refractivity contribution in [2.75, 3.05) is 13.2 Å². The third kappa shape index (κ3) is 51.8. The van der Waals surface area contributed by atoms with Gasteiger partial charge in [0.15, 0.2) is 6.10 Å². The first kappa shape index (κ1) is 62.8. The number of rotatable bonds is 50. The third-order valence-electron chi connectivity index (χ3n) is 12.0. The van der Waals surface area contributed by atoms with Gasteiger partial charge in [0.25, 0.3) is 0 Å². The van der Waals surface area contributed by atoms with Crippen molar-refractivity contribution < 1.29 is 28.6 Å². The van der Waals surface area contributed by atoms with E-state index in [9.17, 15) is 14.4 Å². The number of carbonyl (C=O) groups excluding carboxylic acids is 3. The van der Waals surface area contributed by atoms with E-state index in [2.05, 4.69) is 81.5 Å². The fourth-order valence-electron chi connectivity index (χ4n) is 7.81. The normalized spacial score (nSPS) is 12.6. The molecule has 6 nitrogen and oxygen atoms in total. The van der Waals surface area contributed by atoms with Crippen LogP contribution in [-0.4, -0.2) is 37.2 Å². The van der Waals surface area contributed by atoms with Gasteiger partial charge in [0.1, 0.15) is 13.2 Å². The molecule has 380 valence electrons. The molecule has 0 N–H and O–H groups in total. The molecule has 1 unspecified atom stereocenters. The summed E-state index contributed by atoms with van der Waals surface area (Å²) in [4.78, 5) is 38.0. The van der Waals surface area contributed by atoms with Gasteiger partial charge in [0.2, 0.25) is 0 Å². The first-order valence-corrected chi connectivity index (χ1v) is 27.9. The van der Waals surface area contributed by atoms with E-state index in [4.69, 9.17) is 14.2 Å². The van der Waals surface area contributed by atoms with Crippen LogP contribution in [0.15, 0.2) is 72.9 Å². The average molecular weight is 921 g/mol. The lowest BCUT2D eigenvalue weighted by Crippen LogP contribution is -2.30. The molecule has 0 bridgehead atoms. The zero-order valence-corrected chi connectivity index (χ0v) is 43.4. The number of ether oxygens (including phenoxy) is 3. The molecule has 0 aliphatic heterocycles. The summed E-state index contributed by atoms with van der Waals surface area (Å²) < 4.78 is 16.7. The van der Waals surface area contributed by atoms with E-state index >= 15 is 0 Å². The molecule has 0 spiro atoms. The second kappa shape index (κ2) is 54.5. The Hall–Kier alpha value is -3.15.